The summed E-state index contributed by atoms with van der Waals surface area (Å²) in [6, 6.07) is 1.31. The van der Waals surface area contributed by atoms with Crippen molar-refractivity contribution in [1.29, 1.82) is 0 Å². The highest BCUT2D eigenvalue weighted by Gasteiger charge is 2.72. The van der Waals surface area contributed by atoms with Crippen LogP contribution in [0, 0.1) is 5.92 Å². The van der Waals surface area contributed by atoms with Gasteiger partial charge in [-0.3, -0.25) is 4.90 Å². The number of hydrogen-bond donors (Lipinski definition) is 2. The van der Waals surface area contributed by atoms with Gasteiger partial charge in [0.25, 0.3) is 0 Å². The van der Waals surface area contributed by atoms with Crippen molar-refractivity contribution in [3.8, 4) is 5.75 Å². The van der Waals surface area contributed by atoms with Crippen molar-refractivity contribution in [2.24, 2.45) is 5.92 Å². The van der Waals surface area contributed by atoms with Crippen LogP contribution in [0.15, 0.2) is 30.2 Å². The minimum Gasteiger partial charge on any atom is -0.402 e. The molecule has 2 bridgehead atoms. The maximum atomic E-state index is 12.9. The smallest absolute Gasteiger partial charge is 0.402 e. The lowest BCUT2D eigenvalue weighted by atomic mass is 9.42. The Bertz CT molecular complexity index is 1010. The van der Waals surface area contributed by atoms with Gasteiger partial charge in [0.2, 0.25) is 0 Å². The van der Waals surface area contributed by atoms with Gasteiger partial charge in [-0.05, 0) is 49.7 Å². The molecule has 10 heteroatoms. The van der Waals surface area contributed by atoms with Crippen LogP contribution < -0.4 is 10.5 Å². The summed E-state index contributed by atoms with van der Waals surface area (Å²) in [4.78, 5) is 8.71. The van der Waals surface area contributed by atoms with E-state index in [-0.39, 0.29) is 22.8 Å². The van der Waals surface area contributed by atoms with E-state index in [1.165, 1.54) is 12.3 Å². The maximum Gasteiger partial charge on any atom is 0.573 e. The normalized spacial score (nSPS) is 30.1. The highest BCUT2D eigenvalue weighted by molar-refractivity contribution is 5.69. The van der Waals surface area contributed by atoms with Gasteiger partial charge in [-0.2, -0.15) is 0 Å². The third-order valence-electron chi connectivity index (χ3n) is 7.91. The van der Waals surface area contributed by atoms with Crippen molar-refractivity contribution in [3.63, 3.8) is 0 Å². The zero-order chi connectivity index (χ0) is 25.0. The summed E-state index contributed by atoms with van der Waals surface area (Å²) in [6.45, 7) is 7.36. The number of nitrogens with two attached hydrogens (primary N) is 1. The number of halogens is 3. The van der Waals surface area contributed by atoms with Gasteiger partial charge in [-0.25, -0.2) is 4.98 Å². The summed E-state index contributed by atoms with van der Waals surface area (Å²) < 4.78 is 48.2. The van der Waals surface area contributed by atoms with E-state index in [0.717, 1.165) is 56.8 Å². The number of aliphatic hydroxyl groups is 1. The molecular weight excluding hydrogens is 461 g/mol. The standard InChI is InChI=1S/C25H33F3N4O3/c1-16(2)21(33)19-5-3-4-17(18-10-20(22(29)30-11-18)35-25(26,27)28)12-32(19)24-13-23(14-24,15-24)31-6-8-34-9-7-31/h5,10-12,16,21,33H,3-4,6-9,13-15H2,1-2H3,(H2,29,30). The van der Waals surface area contributed by atoms with Crippen LogP contribution in [0.1, 0.15) is 51.5 Å². The van der Waals surface area contributed by atoms with Gasteiger partial charge < -0.3 is 25.2 Å². The van der Waals surface area contributed by atoms with Gasteiger partial charge in [0.15, 0.2) is 11.6 Å². The summed E-state index contributed by atoms with van der Waals surface area (Å²) in [5.74, 6) is -0.777. The number of rotatable bonds is 6. The molecule has 7 nitrogen and oxygen atoms in total. The van der Waals surface area contributed by atoms with E-state index >= 15 is 0 Å². The molecule has 1 aromatic rings. The van der Waals surface area contributed by atoms with E-state index in [9.17, 15) is 18.3 Å². The molecule has 3 aliphatic carbocycles. The molecule has 0 amide bonds. The van der Waals surface area contributed by atoms with Crippen LogP contribution in [0.5, 0.6) is 5.75 Å². The molecule has 3 saturated carbocycles. The van der Waals surface area contributed by atoms with Gasteiger partial charge >= 0.3 is 6.36 Å². The number of anilines is 1. The summed E-state index contributed by atoms with van der Waals surface area (Å²) in [5, 5.41) is 11.1. The number of hydrogen-bond acceptors (Lipinski definition) is 7. The van der Waals surface area contributed by atoms with Gasteiger partial charge in [0.05, 0.1) is 19.3 Å². The van der Waals surface area contributed by atoms with Crippen LogP contribution >= 0.6 is 0 Å². The fourth-order valence-corrected chi connectivity index (χ4v) is 6.15. The molecule has 35 heavy (non-hydrogen) atoms. The molecule has 1 unspecified atom stereocenters. The van der Waals surface area contributed by atoms with Crippen LogP contribution in [0.4, 0.5) is 19.0 Å². The predicted molar refractivity (Wildman–Crippen MR) is 125 cm³/mol. The molecule has 1 atom stereocenters. The molecular formula is C25H33F3N4O3. The lowest BCUT2D eigenvalue weighted by Crippen LogP contribution is -2.83. The van der Waals surface area contributed by atoms with Crippen LogP contribution in [0.2, 0.25) is 0 Å². The van der Waals surface area contributed by atoms with E-state index in [0.29, 0.717) is 18.4 Å². The molecule has 2 aliphatic heterocycles. The van der Waals surface area contributed by atoms with Crippen molar-refractivity contribution in [1.82, 2.24) is 14.8 Å². The number of ether oxygens (including phenoxy) is 2. The topological polar surface area (TPSA) is 84.1 Å². The largest absolute Gasteiger partial charge is 0.573 e. The first-order chi connectivity index (χ1) is 16.5. The second-order valence-corrected chi connectivity index (χ2v) is 10.6. The summed E-state index contributed by atoms with van der Waals surface area (Å²) in [7, 11) is 0. The second kappa shape index (κ2) is 8.67. The molecule has 0 spiro atoms. The Morgan fingerprint density at radius 1 is 1.17 bits per heavy atom. The average Bonchev–Trinajstić information content (AvgIpc) is 2.96. The molecule has 3 heterocycles. The van der Waals surface area contributed by atoms with Crippen LogP contribution in [0.25, 0.3) is 5.57 Å². The lowest BCUT2D eigenvalue weighted by Gasteiger charge is -2.77. The van der Waals surface area contributed by atoms with E-state index in [1.807, 2.05) is 20.0 Å². The van der Waals surface area contributed by atoms with Crippen LogP contribution in [-0.2, 0) is 4.74 Å². The zero-order valence-corrected chi connectivity index (χ0v) is 20.1. The second-order valence-electron chi connectivity index (χ2n) is 10.6. The number of aromatic nitrogens is 1. The Kier molecular flexibility index (Phi) is 6.04. The minimum atomic E-state index is -4.85. The van der Waals surface area contributed by atoms with Gasteiger partial charge in [0, 0.05) is 47.8 Å². The lowest BCUT2D eigenvalue weighted by molar-refractivity contribution is -0.274. The molecule has 192 valence electrons. The number of allylic oxidation sites excluding steroid dienone is 2. The third kappa shape index (κ3) is 4.40. The van der Waals surface area contributed by atoms with Crippen molar-refractivity contribution >= 4 is 11.4 Å². The van der Waals surface area contributed by atoms with Crippen LogP contribution in [0.3, 0.4) is 0 Å². The first-order valence-corrected chi connectivity index (χ1v) is 12.2. The Morgan fingerprint density at radius 2 is 1.86 bits per heavy atom. The number of aliphatic hydroxyl groups excluding tert-OH is 1. The molecule has 1 aromatic heterocycles. The highest BCUT2D eigenvalue weighted by atomic mass is 19.4. The molecule has 0 radical (unpaired) electrons. The number of nitrogen functional groups attached to an aromatic ring is 1. The molecule has 6 rings (SSSR count). The quantitative estimate of drug-likeness (QED) is 0.621. The number of alkyl halides is 3. The van der Waals surface area contributed by atoms with Crippen molar-refractivity contribution in [3.05, 3.63) is 35.8 Å². The summed E-state index contributed by atoms with van der Waals surface area (Å²) >= 11 is 0. The number of nitrogens with zero attached hydrogens (tertiary/aromatic N) is 3. The predicted octanol–water partition coefficient (Wildman–Crippen LogP) is 3.91. The van der Waals surface area contributed by atoms with Crippen molar-refractivity contribution in [2.45, 2.75) is 69.5 Å². The molecule has 3 N–H and O–H groups in total. The maximum absolute atomic E-state index is 12.9. The van der Waals surface area contributed by atoms with E-state index in [1.54, 1.807) is 0 Å². The number of morpholine rings is 1. The Labute approximate surface area is 203 Å². The molecule has 4 fully saturated rings. The zero-order valence-electron chi connectivity index (χ0n) is 20.1. The van der Waals surface area contributed by atoms with E-state index in [4.69, 9.17) is 10.5 Å². The minimum absolute atomic E-state index is 0.0317. The number of pyridine rings is 1. The SMILES string of the molecule is CC(C)C(O)C1=CCCC(c2cnc(N)c(OC(F)(F)F)c2)=CN1C12CC(N3CCOCC3)(C1)C2. The van der Waals surface area contributed by atoms with E-state index < -0.39 is 18.2 Å². The summed E-state index contributed by atoms with van der Waals surface area (Å²) in [5.41, 5.74) is 8.00. The van der Waals surface area contributed by atoms with Crippen LogP contribution in [-0.4, -0.2) is 69.7 Å². The Balaban J connectivity index is 1.45. The molecule has 1 saturated heterocycles. The third-order valence-corrected chi connectivity index (χ3v) is 7.91. The monoisotopic (exact) mass is 494 g/mol. The fraction of sp³-hybridized carbons (Fsp3) is 0.640. The van der Waals surface area contributed by atoms with Gasteiger partial charge in [-0.1, -0.05) is 19.9 Å². The van der Waals surface area contributed by atoms with Gasteiger partial charge in [-0.15, -0.1) is 13.2 Å². The molecule has 0 aromatic carbocycles. The Hall–Kier alpha value is -2.30. The summed E-state index contributed by atoms with van der Waals surface area (Å²) in [6.07, 6.45) is 4.34. The highest BCUT2D eigenvalue weighted by Crippen LogP contribution is 2.67. The fourth-order valence-electron chi connectivity index (χ4n) is 6.15. The molecule has 5 aliphatic rings. The first kappa shape index (κ1) is 24.4. The van der Waals surface area contributed by atoms with Crippen molar-refractivity contribution in [2.75, 3.05) is 32.0 Å². The van der Waals surface area contributed by atoms with E-state index in [2.05, 4.69) is 25.6 Å². The Morgan fingerprint density at radius 3 is 2.49 bits per heavy atom. The average molecular weight is 495 g/mol. The first-order valence-electron chi connectivity index (χ1n) is 12.2. The van der Waals surface area contributed by atoms with Gasteiger partial charge in [0.1, 0.15) is 0 Å². The van der Waals surface area contributed by atoms with Crippen molar-refractivity contribution < 1.29 is 27.8 Å².